The summed E-state index contributed by atoms with van der Waals surface area (Å²) in [5, 5.41) is 0. The van der Waals surface area contributed by atoms with E-state index in [1.807, 2.05) is 0 Å². The van der Waals surface area contributed by atoms with E-state index in [4.69, 9.17) is 0 Å². The van der Waals surface area contributed by atoms with E-state index in [9.17, 15) is 0 Å². The van der Waals surface area contributed by atoms with Crippen molar-refractivity contribution in [1.82, 2.24) is 4.90 Å². The predicted molar refractivity (Wildman–Crippen MR) is 90.0 cm³/mol. The van der Waals surface area contributed by atoms with Crippen molar-refractivity contribution in [3.05, 3.63) is 65.7 Å². The predicted octanol–water partition coefficient (Wildman–Crippen LogP) is 3.36. The molecule has 3 rings (SSSR count). The molecule has 110 valence electrons. The molecule has 0 amide bonds. The number of rotatable bonds is 4. The molecular weight excluding hydrogens is 256 g/mol. The van der Waals surface area contributed by atoms with Crippen molar-refractivity contribution in [1.29, 1.82) is 0 Å². The Morgan fingerprint density at radius 3 is 2.33 bits per heavy atom. The van der Waals surface area contributed by atoms with Crippen LogP contribution in [0.1, 0.15) is 11.1 Å². The van der Waals surface area contributed by atoms with Crippen molar-refractivity contribution < 1.29 is 0 Å². The first-order chi connectivity index (χ1) is 10.3. The van der Waals surface area contributed by atoms with Crippen LogP contribution in [0.5, 0.6) is 0 Å². The maximum Gasteiger partial charge on any atom is 0.0369 e. The fraction of sp³-hybridized carbons (Fsp3) is 0.368. The van der Waals surface area contributed by atoms with E-state index in [-0.39, 0.29) is 0 Å². The second kappa shape index (κ2) is 6.77. The van der Waals surface area contributed by atoms with Crippen LogP contribution in [0.2, 0.25) is 0 Å². The van der Waals surface area contributed by atoms with E-state index in [1.165, 1.54) is 36.4 Å². The number of hydrogen-bond acceptors (Lipinski definition) is 2. The summed E-state index contributed by atoms with van der Waals surface area (Å²) in [5.41, 5.74) is 4.16. The summed E-state index contributed by atoms with van der Waals surface area (Å²) in [6.45, 7) is 7.95. The Morgan fingerprint density at radius 1 is 0.857 bits per heavy atom. The van der Waals surface area contributed by atoms with E-state index in [2.05, 4.69) is 71.3 Å². The molecule has 1 aliphatic heterocycles. The van der Waals surface area contributed by atoms with Gasteiger partial charge in [0.1, 0.15) is 0 Å². The second-order valence-electron chi connectivity index (χ2n) is 5.90. The van der Waals surface area contributed by atoms with Gasteiger partial charge < -0.3 is 4.90 Å². The molecule has 0 unspecified atom stereocenters. The highest BCUT2D eigenvalue weighted by Gasteiger charge is 2.16. The van der Waals surface area contributed by atoms with Gasteiger partial charge >= 0.3 is 0 Å². The molecule has 0 aliphatic carbocycles. The number of piperazine rings is 1. The summed E-state index contributed by atoms with van der Waals surface area (Å²) in [4.78, 5) is 5.09. The van der Waals surface area contributed by atoms with Gasteiger partial charge in [0.15, 0.2) is 0 Å². The van der Waals surface area contributed by atoms with E-state index in [1.54, 1.807) is 0 Å². The number of anilines is 1. The highest BCUT2D eigenvalue weighted by atomic mass is 15.3. The average molecular weight is 280 g/mol. The van der Waals surface area contributed by atoms with Crippen molar-refractivity contribution in [2.24, 2.45) is 0 Å². The monoisotopic (exact) mass is 280 g/mol. The van der Waals surface area contributed by atoms with Crippen molar-refractivity contribution in [3.63, 3.8) is 0 Å². The molecule has 21 heavy (non-hydrogen) atoms. The Kier molecular flexibility index (Phi) is 4.56. The SMILES string of the molecule is Cc1cccc(N2CCN(CCc3ccccc3)CC2)c1. The normalized spacial score (nSPS) is 16.1. The molecule has 0 N–H and O–H groups in total. The molecule has 1 saturated heterocycles. The Hall–Kier alpha value is -1.80. The lowest BCUT2D eigenvalue weighted by atomic mass is 10.1. The molecule has 0 atom stereocenters. The van der Waals surface area contributed by atoms with Crippen LogP contribution in [-0.4, -0.2) is 37.6 Å². The Morgan fingerprint density at radius 2 is 1.62 bits per heavy atom. The van der Waals surface area contributed by atoms with Gasteiger partial charge in [0, 0.05) is 38.4 Å². The Bertz CT molecular complexity index is 557. The zero-order valence-corrected chi connectivity index (χ0v) is 12.8. The molecule has 0 spiro atoms. The van der Waals surface area contributed by atoms with Crippen molar-refractivity contribution in [2.45, 2.75) is 13.3 Å². The zero-order valence-electron chi connectivity index (χ0n) is 12.8. The standard InChI is InChI=1S/C19H24N2/c1-17-6-5-9-19(16-17)21-14-12-20(13-15-21)11-10-18-7-3-2-4-8-18/h2-9,16H,10-15H2,1H3. The number of hydrogen-bond donors (Lipinski definition) is 0. The molecule has 0 saturated carbocycles. The van der Waals surface area contributed by atoms with Gasteiger partial charge in [0.25, 0.3) is 0 Å². The number of aryl methyl sites for hydroxylation is 1. The summed E-state index contributed by atoms with van der Waals surface area (Å²) in [7, 11) is 0. The maximum absolute atomic E-state index is 2.58. The van der Waals surface area contributed by atoms with Crippen molar-refractivity contribution >= 4 is 5.69 Å². The fourth-order valence-electron chi connectivity index (χ4n) is 2.99. The molecule has 2 aromatic rings. The second-order valence-corrected chi connectivity index (χ2v) is 5.90. The largest absolute Gasteiger partial charge is 0.369 e. The van der Waals surface area contributed by atoms with E-state index in [0.29, 0.717) is 0 Å². The van der Waals surface area contributed by atoms with E-state index in [0.717, 1.165) is 19.5 Å². The quantitative estimate of drug-likeness (QED) is 0.847. The van der Waals surface area contributed by atoms with Crippen LogP contribution in [0, 0.1) is 6.92 Å². The summed E-state index contributed by atoms with van der Waals surface area (Å²) < 4.78 is 0. The van der Waals surface area contributed by atoms with Gasteiger partial charge in [-0.05, 0) is 36.6 Å². The summed E-state index contributed by atoms with van der Waals surface area (Å²) in [6, 6.07) is 19.6. The van der Waals surface area contributed by atoms with Crippen LogP contribution in [0.25, 0.3) is 0 Å². The number of benzene rings is 2. The van der Waals surface area contributed by atoms with Gasteiger partial charge in [-0.3, -0.25) is 4.90 Å². The first-order valence-electron chi connectivity index (χ1n) is 7.89. The topological polar surface area (TPSA) is 6.48 Å². The lowest BCUT2D eigenvalue weighted by Gasteiger charge is -2.36. The average Bonchev–Trinajstić information content (AvgIpc) is 2.54. The van der Waals surface area contributed by atoms with Crippen LogP contribution in [0.4, 0.5) is 5.69 Å². The first kappa shape index (κ1) is 14.2. The maximum atomic E-state index is 2.58. The molecule has 0 radical (unpaired) electrons. The Labute approximate surface area is 128 Å². The van der Waals surface area contributed by atoms with Crippen LogP contribution in [-0.2, 0) is 6.42 Å². The first-order valence-corrected chi connectivity index (χ1v) is 7.89. The van der Waals surface area contributed by atoms with Gasteiger partial charge in [0.2, 0.25) is 0 Å². The Balaban J connectivity index is 1.49. The van der Waals surface area contributed by atoms with Gasteiger partial charge in [-0.25, -0.2) is 0 Å². The third kappa shape index (κ3) is 3.85. The highest BCUT2D eigenvalue weighted by Crippen LogP contribution is 2.17. The minimum absolute atomic E-state index is 1.14. The van der Waals surface area contributed by atoms with Gasteiger partial charge in [-0.2, -0.15) is 0 Å². The minimum Gasteiger partial charge on any atom is -0.369 e. The smallest absolute Gasteiger partial charge is 0.0369 e. The van der Waals surface area contributed by atoms with Crippen LogP contribution >= 0.6 is 0 Å². The van der Waals surface area contributed by atoms with Crippen LogP contribution in [0.3, 0.4) is 0 Å². The third-order valence-electron chi connectivity index (χ3n) is 4.30. The molecule has 1 heterocycles. The summed E-state index contributed by atoms with van der Waals surface area (Å²) in [5.74, 6) is 0. The summed E-state index contributed by atoms with van der Waals surface area (Å²) >= 11 is 0. The zero-order chi connectivity index (χ0) is 14.5. The molecule has 0 bridgehead atoms. The van der Waals surface area contributed by atoms with Crippen LogP contribution in [0.15, 0.2) is 54.6 Å². The molecule has 1 aliphatic rings. The van der Waals surface area contributed by atoms with Crippen molar-refractivity contribution in [3.8, 4) is 0 Å². The van der Waals surface area contributed by atoms with E-state index < -0.39 is 0 Å². The lowest BCUT2D eigenvalue weighted by Crippen LogP contribution is -2.47. The lowest BCUT2D eigenvalue weighted by molar-refractivity contribution is 0.261. The van der Waals surface area contributed by atoms with Gasteiger partial charge in [-0.15, -0.1) is 0 Å². The van der Waals surface area contributed by atoms with Gasteiger partial charge in [-0.1, -0.05) is 42.5 Å². The molecule has 1 fully saturated rings. The third-order valence-corrected chi connectivity index (χ3v) is 4.30. The van der Waals surface area contributed by atoms with Gasteiger partial charge in [0.05, 0.1) is 0 Å². The molecular formula is C19H24N2. The minimum atomic E-state index is 1.14. The summed E-state index contributed by atoms with van der Waals surface area (Å²) in [6.07, 6.45) is 1.16. The highest BCUT2D eigenvalue weighted by molar-refractivity contribution is 5.48. The molecule has 0 aromatic heterocycles. The van der Waals surface area contributed by atoms with Crippen molar-refractivity contribution in [2.75, 3.05) is 37.6 Å². The molecule has 2 aromatic carbocycles. The fourth-order valence-corrected chi connectivity index (χ4v) is 2.99. The number of nitrogens with zero attached hydrogens (tertiary/aromatic N) is 2. The molecule has 2 heteroatoms. The molecule has 2 nitrogen and oxygen atoms in total. The van der Waals surface area contributed by atoms with Crippen LogP contribution < -0.4 is 4.90 Å². The van der Waals surface area contributed by atoms with E-state index >= 15 is 0 Å².